The number of ether oxygens (including phenoxy) is 1. The maximum absolute atomic E-state index is 9.95. The molecular weight excluding hydrogens is 392 g/mol. The van der Waals surface area contributed by atoms with E-state index in [0.717, 1.165) is 35.1 Å². The average Bonchev–Trinajstić information content (AvgIpc) is 3.48. The van der Waals surface area contributed by atoms with Crippen molar-refractivity contribution in [2.45, 2.75) is 37.2 Å². The number of nitrogens with zero attached hydrogens (tertiary/aromatic N) is 6. The molecule has 1 N–H and O–H groups in total. The second-order valence-corrected chi connectivity index (χ2v) is 9.23. The Morgan fingerprint density at radius 3 is 2.81 bits per heavy atom. The fourth-order valence-electron chi connectivity index (χ4n) is 5.27. The van der Waals surface area contributed by atoms with E-state index in [4.69, 9.17) is 4.74 Å². The minimum absolute atomic E-state index is 0.0110. The average molecular weight is 416 g/mol. The lowest BCUT2D eigenvalue weighted by Crippen LogP contribution is -2.44. The van der Waals surface area contributed by atoms with Crippen molar-refractivity contribution >= 4 is 16.7 Å². The number of anilines is 1. The Labute approximate surface area is 180 Å². The van der Waals surface area contributed by atoms with E-state index >= 15 is 0 Å². The molecule has 31 heavy (non-hydrogen) atoms. The summed E-state index contributed by atoms with van der Waals surface area (Å²) in [6.07, 6.45) is 7.63. The number of hydrogen-bond acceptors (Lipinski definition) is 7. The lowest BCUT2D eigenvalue weighted by atomic mass is 9.57. The molecule has 1 saturated heterocycles. The standard InChI is InChI=1S/C23H24N6O2/c24-14-23(12-22(13-23)3-4-22)17-2-1-16-9-27-29(19(16)7-17)21-8-20(25-15-26-21)28-5-6-31-18(10-28)11-30/h1-2,7-9,15,18,30H,3-6,10-13H2/t18-/m0/s1. The maximum atomic E-state index is 9.95. The normalized spacial score (nSPS) is 23.5. The number of aromatic nitrogens is 4. The minimum Gasteiger partial charge on any atom is -0.394 e. The van der Waals surface area contributed by atoms with Gasteiger partial charge in [-0.25, -0.2) is 14.6 Å². The van der Waals surface area contributed by atoms with Crippen LogP contribution in [-0.4, -0.2) is 57.3 Å². The number of benzene rings is 1. The molecule has 8 heteroatoms. The van der Waals surface area contributed by atoms with Crippen molar-refractivity contribution in [3.05, 3.63) is 42.4 Å². The van der Waals surface area contributed by atoms with Crippen LogP contribution in [0.3, 0.4) is 0 Å². The fourth-order valence-corrected chi connectivity index (χ4v) is 5.27. The van der Waals surface area contributed by atoms with Crippen LogP contribution in [0.1, 0.15) is 31.2 Å². The Balaban J connectivity index is 1.35. The van der Waals surface area contributed by atoms with Crippen molar-refractivity contribution in [1.29, 1.82) is 5.26 Å². The van der Waals surface area contributed by atoms with Gasteiger partial charge in [-0.2, -0.15) is 10.4 Å². The van der Waals surface area contributed by atoms with Crippen LogP contribution in [0.5, 0.6) is 0 Å². The molecule has 1 spiro atoms. The van der Waals surface area contributed by atoms with E-state index in [1.807, 2.05) is 16.9 Å². The van der Waals surface area contributed by atoms with Gasteiger partial charge in [-0.3, -0.25) is 0 Å². The smallest absolute Gasteiger partial charge is 0.159 e. The van der Waals surface area contributed by atoms with Crippen LogP contribution >= 0.6 is 0 Å². The fraction of sp³-hybridized carbons (Fsp3) is 0.478. The van der Waals surface area contributed by atoms with Crippen LogP contribution in [0.25, 0.3) is 16.7 Å². The Morgan fingerprint density at radius 2 is 2.03 bits per heavy atom. The monoisotopic (exact) mass is 416 g/mol. The van der Waals surface area contributed by atoms with Gasteiger partial charge in [0.05, 0.1) is 42.5 Å². The number of nitriles is 1. The summed E-state index contributed by atoms with van der Waals surface area (Å²) in [4.78, 5) is 11.0. The van der Waals surface area contributed by atoms with Gasteiger partial charge in [-0.1, -0.05) is 12.1 Å². The van der Waals surface area contributed by atoms with Crippen molar-refractivity contribution < 1.29 is 9.84 Å². The molecule has 1 atom stereocenters. The predicted molar refractivity (Wildman–Crippen MR) is 114 cm³/mol. The molecule has 3 heterocycles. The second kappa shape index (κ2) is 6.74. The third-order valence-electron chi connectivity index (χ3n) is 7.17. The molecule has 0 bridgehead atoms. The van der Waals surface area contributed by atoms with E-state index in [2.05, 4.69) is 44.2 Å². The summed E-state index contributed by atoms with van der Waals surface area (Å²) in [7, 11) is 0. The predicted octanol–water partition coefficient (Wildman–Crippen LogP) is 2.35. The SMILES string of the molecule is N#CC1(c2ccc3cnn(-c4cc(N5CCO[C@H](CO)C5)ncn4)c3c2)CC2(CC2)C1. The third kappa shape index (κ3) is 2.99. The van der Waals surface area contributed by atoms with Gasteiger partial charge in [0.2, 0.25) is 0 Å². The van der Waals surface area contributed by atoms with E-state index in [1.165, 1.54) is 12.8 Å². The zero-order valence-electron chi connectivity index (χ0n) is 17.2. The van der Waals surface area contributed by atoms with Gasteiger partial charge in [-0.05, 0) is 42.7 Å². The summed E-state index contributed by atoms with van der Waals surface area (Å²) >= 11 is 0. The molecule has 3 aliphatic rings. The molecule has 158 valence electrons. The van der Waals surface area contributed by atoms with E-state index in [0.29, 0.717) is 30.9 Å². The molecule has 1 aromatic carbocycles. The molecule has 8 nitrogen and oxygen atoms in total. The largest absolute Gasteiger partial charge is 0.394 e. The minimum atomic E-state index is -0.371. The molecule has 0 amide bonds. The van der Waals surface area contributed by atoms with Crippen molar-refractivity contribution in [2.75, 3.05) is 31.2 Å². The summed E-state index contributed by atoms with van der Waals surface area (Å²) < 4.78 is 7.37. The van der Waals surface area contributed by atoms with Crippen molar-refractivity contribution in [3.8, 4) is 11.9 Å². The number of rotatable bonds is 4. The van der Waals surface area contributed by atoms with Gasteiger partial charge < -0.3 is 14.7 Å². The highest BCUT2D eigenvalue weighted by molar-refractivity contribution is 5.81. The second-order valence-electron chi connectivity index (χ2n) is 9.23. The van der Waals surface area contributed by atoms with Crippen molar-refractivity contribution in [3.63, 3.8) is 0 Å². The number of morpholine rings is 1. The van der Waals surface area contributed by atoms with Crippen LogP contribution < -0.4 is 4.90 Å². The number of hydrogen-bond donors (Lipinski definition) is 1. The summed E-state index contributed by atoms with van der Waals surface area (Å²) in [6.45, 7) is 1.84. The zero-order valence-corrected chi connectivity index (χ0v) is 17.2. The van der Waals surface area contributed by atoms with E-state index in [-0.39, 0.29) is 18.1 Å². The maximum Gasteiger partial charge on any atom is 0.159 e. The highest BCUT2D eigenvalue weighted by atomic mass is 16.5. The first-order valence-electron chi connectivity index (χ1n) is 10.8. The summed E-state index contributed by atoms with van der Waals surface area (Å²) in [5.74, 6) is 1.47. The summed E-state index contributed by atoms with van der Waals surface area (Å²) in [5.41, 5.74) is 2.10. The molecular formula is C23H24N6O2. The van der Waals surface area contributed by atoms with Crippen LogP contribution in [0.4, 0.5) is 5.82 Å². The summed E-state index contributed by atoms with van der Waals surface area (Å²) in [6, 6.07) is 10.8. The molecule has 0 radical (unpaired) electrons. The molecule has 2 aliphatic carbocycles. The Morgan fingerprint density at radius 1 is 1.19 bits per heavy atom. The van der Waals surface area contributed by atoms with Gasteiger partial charge in [0.1, 0.15) is 12.1 Å². The van der Waals surface area contributed by atoms with Crippen LogP contribution in [0.2, 0.25) is 0 Å². The van der Waals surface area contributed by atoms with Crippen LogP contribution in [0.15, 0.2) is 36.8 Å². The number of aliphatic hydroxyl groups is 1. The molecule has 3 fully saturated rings. The Bertz CT molecular complexity index is 1190. The van der Waals surface area contributed by atoms with Crippen molar-refractivity contribution in [1.82, 2.24) is 19.7 Å². The topological polar surface area (TPSA) is 100 Å². The van der Waals surface area contributed by atoms with E-state index < -0.39 is 0 Å². The molecule has 1 aliphatic heterocycles. The molecule has 2 saturated carbocycles. The van der Waals surface area contributed by atoms with Gasteiger partial charge in [0, 0.05) is 24.5 Å². The zero-order chi connectivity index (χ0) is 21.1. The van der Waals surface area contributed by atoms with Crippen LogP contribution in [0, 0.1) is 16.7 Å². The first-order valence-corrected chi connectivity index (χ1v) is 10.8. The third-order valence-corrected chi connectivity index (χ3v) is 7.17. The molecule has 6 rings (SSSR count). The van der Waals surface area contributed by atoms with Gasteiger partial charge in [0.15, 0.2) is 5.82 Å². The highest BCUT2D eigenvalue weighted by Crippen LogP contribution is 2.68. The van der Waals surface area contributed by atoms with Gasteiger partial charge in [-0.15, -0.1) is 0 Å². The lowest BCUT2D eigenvalue weighted by molar-refractivity contribution is 0.00335. The van der Waals surface area contributed by atoms with Crippen molar-refractivity contribution in [2.24, 2.45) is 5.41 Å². The number of aliphatic hydroxyl groups excluding tert-OH is 1. The first-order chi connectivity index (χ1) is 15.1. The van der Waals surface area contributed by atoms with Gasteiger partial charge >= 0.3 is 0 Å². The van der Waals surface area contributed by atoms with E-state index in [9.17, 15) is 10.4 Å². The summed E-state index contributed by atoms with van der Waals surface area (Å²) in [5, 5.41) is 25.0. The highest BCUT2D eigenvalue weighted by Gasteiger charge is 2.61. The van der Waals surface area contributed by atoms with Gasteiger partial charge in [0.25, 0.3) is 0 Å². The Hall–Kier alpha value is -3.02. The first kappa shape index (κ1) is 18.7. The van der Waals surface area contributed by atoms with E-state index in [1.54, 1.807) is 6.33 Å². The number of fused-ring (bicyclic) bond motifs is 1. The molecule has 2 aromatic heterocycles. The molecule has 3 aromatic rings. The lowest BCUT2D eigenvalue weighted by Gasteiger charge is -2.44. The quantitative estimate of drug-likeness (QED) is 0.697. The van der Waals surface area contributed by atoms with Crippen LogP contribution in [-0.2, 0) is 10.2 Å². The Kier molecular flexibility index (Phi) is 4.07. The molecule has 0 unspecified atom stereocenters.